The second kappa shape index (κ2) is 6.31. The average molecular weight is 285 g/mol. The second-order valence-corrected chi connectivity index (χ2v) is 4.95. The highest BCUT2D eigenvalue weighted by atomic mass is 16.5. The SMILES string of the molecule is COc1cccc(COC(=O)c2cc(N)c(C)cc2C)c1. The number of esters is 1. The van der Waals surface area contributed by atoms with Gasteiger partial charge >= 0.3 is 5.97 Å². The number of hydrogen-bond acceptors (Lipinski definition) is 4. The fourth-order valence-electron chi connectivity index (χ4n) is 2.08. The maximum atomic E-state index is 12.1. The summed E-state index contributed by atoms with van der Waals surface area (Å²) < 4.78 is 10.5. The molecule has 0 aliphatic rings. The van der Waals surface area contributed by atoms with E-state index in [9.17, 15) is 4.79 Å². The van der Waals surface area contributed by atoms with E-state index in [1.165, 1.54) is 0 Å². The molecule has 2 aromatic rings. The molecule has 0 bridgehead atoms. The molecule has 4 heteroatoms. The van der Waals surface area contributed by atoms with Gasteiger partial charge in [0.1, 0.15) is 12.4 Å². The van der Waals surface area contributed by atoms with Crippen molar-refractivity contribution in [3.05, 3.63) is 58.7 Å². The van der Waals surface area contributed by atoms with Crippen molar-refractivity contribution in [2.45, 2.75) is 20.5 Å². The third-order valence-electron chi connectivity index (χ3n) is 3.34. The van der Waals surface area contributed by atoms with E-state index in [0.717, 1.165) is 22.4 Å². The van der Waals surface area contributed by atoms with Gasteiger partial charge < -0.3 is 15.2 Å². The predicted octanol–water partition coefficient (Wildman–Crippen LogP) is 3.25. The van der Waals surface area contributed by atoms with Crippen molar-refractivity contribution >= 4 is 11.7 Å². The monoisotopic (exact) mass is 285 g/mol. The van der Waals surface area contributed by atoms with Gasteiger partial charge in [0.2, 0.25) is 0 Å². The lowest BCUT2D eigenvalue weighted by atomic mass is 10.0. The molecule has 0 radical (unpaired) electrons. The van der Waals surface area contributed by atoms with E-state index in [1.54, 1.807) is 13.2 Å². The number of anilines is 1. The third-order valence-corrected chi connectivity index (χ3v) is 3.34. The van der Waals surface area contributed by atoms with Crippen LogP contribution in [0, 0.1) is 13.8 Å². The van der Waals surface area contributed by atoms with Crippen LogP contribution in [0.5, 0.6) is 5.75 Å². The summed E-state index contributed by atoms with van der Waals surface area (Å²) in [5, 5.41) is 0. The minimum atomic E-state index is -0.373. The maximum Gasteiger partial charge on any atom is 0.338 e. The van der Waals surface area contributed by atoms with Crippen molar-refractivity contribution in [1.82, 2.24) is 0 Å². The number of ether oxygens (including phenoxy) is 2. The van der Waals surface area contributed by atoms with Gasteiger partial charge in [-0.15, -0.1) is 0 Å². The van der Waals surface area contributed by atoms with Crippen LogP contribution in [0.4, 0.5) is 5.69 Å². The Morgan fingerprint density at radius 3 is 2.62 bits per heavy atom. The van der Waals surface area contributed by atoms with Gasteiger partial charge in [0, 0.05) is 5.69 Å². The Kier molecular flexibility index (Phi) is 4.48. The Labute approximate surface area is 124 Å². The Morgan fingerprint density at radius 2 is 1.90 bits per heavy atom. The lowest BCUT2D eigenvalue weighted by Crippen LogP contribution is -2.08. The summed E-state index contributed by atoms with van der Waals surface area (Å²) in [6.45, 7) is 3.98. The van der Waals surface area contributed by atoms with Crippen LogP contribution in [-0.2, 0) is 11.3 Å². The summed E-state index contributed by atoms with van der Waals surface area (Å²) in [6.07, 6.45) is 0. The predicted molar refractivity (Wildman–Crippen MR) is 82.4 cm³/mol. The molecule has 0 unspecified atom stereocenters. The first-order chi connectivity index (χ1) is 10.0. The van der Waals surface area contributed by atoms with Crippen molar-refractivity contribution < 1.29 is 14.3 Å². The minimum absolute atomic E-state index is 0.198. The molecule has 0 aromatic heterocycles. The Hall–Kier alpha value is -2.49. The Bertz CT molecular complexity index is 665. The van der Waals surface area contributed by atoms with Gasteiger partial charge in [0.05, 0.1) is 12.7 Å². The van der Waals surface area contributed by atoms with Crippen LogP contribution < -0.4 is 10.5 Å². The van der Waals surface area contributed by atoms with E-state index in [4.69, 9.17) is 15.2 Å². The number of carbonyl (C=O) groups is 1. The first-order valence-corrected chi connectivity index (χ1v) is 6.68. The van der Waals surface area contributed by atoms with Gasteiger partial charge in [-0.3, -0.25) is 0 Å². The zero-order chi connectivity index (χ0) is 15.4. The van der Waals surface area contributed by atoms with Gasteiger partial charge in [-0.2, -0.15) is 0 Å². The number of nitrogen functional groups attached to an aromatic ring is 1. The fourth-order valence-corrected chi connectivity index (χ4v) is 2.08. The number of methoxy groups -OCH3 is 1. The maximum absolute atomic E-state index is 12.1. The summed E-state index contributed by atoms with van der Waals surface area (Å²) in [5.41, 5.74) is 9.63. The number of aryl methyl sites for hydroxylation is 2. The normalized spacial score (nSPS) is 10.2. The standard InChI is InChI=1S/C17H19NO3/c1-11-7-12(2)16(18)9-15(11)17(19)21-10-13-5-4-6-14(8-13)20-3/h4-9H,10,18H2,1-3H3. The third kappa shape index (κ3) is 3.54. The number of rotatable bonds is 4. The molecule has 0 atom stereocenters. The van der Waals surface area contributed by atoms with Crippen molar-refractivity contribution in [3.63, 3.8) is 0 Å². The molecular formula is C17H19NO3. The van der Waals surface area contributed by atoms with Crippen LogP contribution in [-0.4, -0.2) is 13.1 Å². The van der Waals surface area contributed by atoms with E-state index in [1.807, 2.05) is 44.2 Å². The van der Waals surface area contributed by atoms with Crippen LogP contribution >= 0.6 is 0 Å². The van der Waals surface area contributed by atoms with Crippen molar-refractivity contribution in [1.29, 1.82) is 0 Å². The fraction of sp³-hybridized carbons (Fsp3) is 0.235. The largest absolute Gasteiger partial charge is 0.497 e. The van der Waals surface area contributed by atoms with E-state index >= 15 is 0 Å². The van der Waals surface area contributed by atoms with E-state index in [2.05, 4.69) is 0 Å². The lowest BCUT2D eigenvalue weighted by Gasteiger charge is -2.10. The van der Waals surface area contributed by atoms with Gasteiger partial charge in [-0.1, -0.05) is 18.2 Å². The zero-order valence-corrected chi connectivity index (χ0v) is 12.5. The Balaban J connectivity index is 2.10. The van der Waals surface area contributed by atoms with Gasteiger partial charge in [0.25, 0.3) is 0 Å². The number of benzene rings is 2. The highest BCUT2D eigenvalue weighted by Crippen LogP contribution is 2.19. The van der Waals surface area contributed by atoms with E-state index < -0.39 is 0 Å². The molecule has 0 saturated heterocycles. The minimum Gasteiger partial charge on any atom is -0.497 e. The lowest BCUT2D eigenvalue weighted by molar-refractivity contribution is 0.0471. The Morgan fingerprint density at radius 1 is 1.14 bits per heavy atom. The van der Waals surface area contributed by atoms with E-state index in [0.29, 0.717) is 11.3 Å². The van der Waals surface area contributed by atoms with Crippen molar-refractivity contribution in [2.24, 2.45) is 0 Å². The molecule has 0 aliphatic carbocycles. The molecule has 2 N–H and O–H groups in total. The molecule has 0 fully saturated rings. The molecule has 4 nitrogen and oxygen atoms in total. The smallest absolute Gasteiger partial charge is 0.338 e. The van der Waals surface area contributed by atoms with E-state index in [-0.39, 0.29) is 12.6 Å². The van der Waals surface area contributed by atoms with Crippen LogP contribution in [0.15, 0.2) is 36.4 Å². The quantitative estimate of drug-likeness (QED) is 0.692. The summed E-state index contributed by atoms with van der Waals surface area (Å²) >= 11 is 0. The van der Waals surface area contributed by atoms with Gasteiger partial charge in [0.15, 0.2) is 0 Å². The molecule has 0 spiro atoms. The van der Waals surface area contributed by atoms with Crippen LogP contribution in [0.3, 0.4) is 0 Å². The average Bonchev–Trinajstić information content (AvgIpc) is 2.48. The summed E-state index contributed by atoms with van der Waals surface area (Å²) in [5.74, 6) is 0.362. The number of nitrogens with two attached hydrogens (primary N) is 1. The summed E-state index contributed by atoms with van der Waals surface area (Å²) in [4.78, 5) is 12.1. The molecule has 0 amide bonds. The van der Waals surface area contributed by atoms with Gasteiger partial charge in [-0.25, -0.2) is 4.79 Å². The summed E-state index contributed by atoms with van der Waals surface area (Å²) in [6, 6.07) is 11.0. The molecule has 0 aliphatic heterocycles. The van der Waals surface area contributed by atoms with Crippen LogP contribution in [0.1, 0.15) is 27.0 Å². The molecular weight excluding hydrogens is 266 g/mol. The highest BCUT2D eigenvalue weighted by molar-refractivity contribution is 5.92. The van der Waals surface area contributed by atoms with Crippen molar-refractivity contribution in [2.75, 3.05) is 12.8 Å². The topological polar surface area (TPSA) is 61.5 Å². The first kappa shape index (κ1) is 14.9. The number of carbonyl (C=O) groups excluding carboxylic acids is 1. The number of hydrogen-bond donors (Lipinski definition) is 1. The van der Waals surface area contributed by atoms with Crippen molar-refractivity contribution in [3.8, 4) is 5.75 Å². The second-order valence-electron chi connectivity index (χ2n) is 4.95. The summed E-state index contributed by atoms with van der Waals surface area (Å²) in [7, 11) is 1.60. The molecule has 0 saturated carbocycles. The molecule has 2 rings (SSSR count). The zero-order valence-electron chi connectivity index (χ0n) is 12.5. The first-order valence-electron chi connectivity index (χ1n) is 6.68. The van der Waals surface area contributed by atoms with Crippen LogP contribution in [0.2, 0.25) is 0 Å². The molecule has 0 heterocycles. The molecule has 110 valence electrons. The van der Waals surface area contributed by atoms with Crippen LogP contribution in [0.25, 0.3) is 0 Å². The van der Waals surface area contributed by atoms with Gasteiger partial charge in [-0.05, 0) is 48.7 Å². The molecule has 21 heavy (non-hydrogen) atoms. The molecule has 2 aromatic carbocycles. The highest BCUT2D eigenvalue weighted by Gasteiger charge is 2.12.